The summed E-state index contributed by atoms with van der Waals surface area (Å²) in [6, 6.07) is 3.80. The van der Waals surface area contributed by atoms with E-state index in [9.17, 15) is 0 Å². The van der Waals surface area contributed by atoms with Crippen LogP contribution >= 0.6 is 0 Å². The van der Waals surface area contributed by atoms with Crippen molar-refractivity contribution in [1.29, 1.82) is 0 Å². The van der Waals surface area contributed by atoms with Gasteiger partial charge in [0, 0.05) is 13.1 Å². The molecule has 0 amide bonds. The molecule has 1 aliphatic rings. The number of hydrogen-bond donors (Lipinski definition) is 1. The Labute approximate surface area is 90.7 Å². The zero-order valence-electron chi connectivity index (χ0n) is 9.44. The van der Waals surface area contributed by atoms with Crippen molar-refractivity contribution in [2.45, 2.75) is 27.0 Å². The first-order chi connectivity index (χ1) is 7.19. The maximum Gasteiger partial charge on any atom is 0.129 e. The molecule has 1 aromatic rings. The molecule has 1 saturated heterocycles. The van der Waals surface area contributed by atoms with Crippen LogP contribution in [0.4, 0.5) is 0 Å². The number of aliphatic hydroxyl groups excluding tert-OH is 1. The van der Waals surface area contributed by atoms with Gasteiger partial charge in [-0.15, -0.1) is 0 Å². The molecule has 3 nitrogen and oxygen atoms in total. The van der Waals surface area contributed by atoms with Crippen molar-refractivity contribution in [3.63, 3.8) is 0 Å². The van der Waals surface area contributed by atoms with Gasteiger partial charge in [0.1, 0.15) is 18.1 Å². The largest absolute Gasteiger partial charge is 0.462 e. The molecule has 0 bridgehead atoms. The molecule has 84 valence electrons. The average Bonchev–Trinajstić information content (AvgIpc) is 2.76. The average molecular weight is 209 g/mol. The molecule has 2 unspecified atom stereocenters. The summed E-state index contributed by atoms with van der Waals surface area (Å²) in [6.45, 7) is 7.76. The van der Waals surface area contributed by atoms with E-state index in [-0.39, 0.29) is 6.61 Å². The lowest BCUT2D eigenvalue weighted by Gasteiger charge is -2.12. The number of nitrogens with zero attached hydrogens (tertiary/aromatic N) is 1. The van der Waals surface area contributed by atoms with E-state index in [0.717, 1.165) is 37.2 Å². The minimum absolute atomic E-state index is 0.00714. The van der Waals surface area contributed by atoms with Crippen molar-refractivity contribution in [3.8, 4) is 0 Å². The minimum Gasteiger partial charge on any atom is -0.462 e. The zero-order valence-corrected chi connectivity index (χ0v) is 9.44. The van der Waals surface area contributed by atoms with E-state index in [1.54, 1.807) is 0 Å². The maximum absolute atomic E-state index is 8.89. The predicted molar refractivity (Wildman–Crippen MR) is 58.2 cm³/mol. The molecule has 0 radical (unpaired) electrons. The van der Waals surface area contributed by atoms with Crippen LogP contribution in [0.25, 0.3) is 0 Å². The molecule has 0 spiro atoms. The van der Waals surface area contributed by atoms with Crippen LogP contribution in [-0.2, 0) is 13.2 Å². The number of rotatable bonds is 3. The third kappa shape index (κ3) is 2.41. The number of hydrogen-bond acceptors (Lipinski definition) is 3. The first-order valence-electron chi connectivity index (χ1n) is 5.60. The van der Waals surface area contributed by atoms with Crippen molar-refractivity contribution >= 4 is 0 Å². The molecule has 1 fully saturated rings. The SMILES string of the molecule is CC1CN(Cc2ccc(CO)o2)CC1C. The summed E-state index contributed by atoms with van der Waals surface area (Å²) >= 11 is 0. The highest BCUT2D eigenvalue weighted by molar-refractivity contribution is 5.06. The minimum atomic E-state index is -0.00714. The normalized spacial score (nSPS) is 27.4. The Morgan fingerprint density at radius 2 is 1.87 bits per heavy atom. The summed E-state index contributed by atoms with van der Waals surface area (Å²) < 4.78 is 5.47. The third-order valence-electron chi connectivity index (χ3n) is 3.32. The van der Waals surface area contributed by atoms with E-state index in [2.05, 4.69) is 18.7 Å². The van der Waals surface area contributed by atoms with Gasteiger partial charge in [0.05, 0.1) is 6.54 Å². The molecule has 1 aliphatic heterocycles. The Hall–Kier alpha value is -0.800. The Morgan fingerprint density at radius 1 is 1.27 bits per heavy atom. The van der Waals surface area contributed by atoms with Crippen molar-refractivity contribution in [2.75, 3.05) is 13.1 Å². The fourth-order valence-electron chi connectivity index (χ4n) is 2.19. The maximum atomic E-state index is 8.89. The Kier molecular flexibility index (Phi) is 3.12. The predicted octanol–water partition coefficient (Wildman–Crippen LogP) is 1.86. The monoisotopic (exact) mass is 209 g/mol. The van der Waals surface area contributed by atoms with Crippen LogP contribution < -0.4 is 0 Å². The van der Waals surface area contributed by atoms with Crippen LogP contribution in [-0.4, -0.2) is 23.1 Å². The van der Waals surface area contributed by atoms with Gasteiger partial charge < -0.3 is 9.52 Å². The highest BCUT2D eigenvalue weighted by Gasteiger charge is 2.26. The van der Waals surface area contributed by atoms with Crippen LogP contribution in [0.5, 0.6) is 0 Å². The first kappa shape index (κ1) is 10.7. The number of furan rings is 1. The Morgan fingerprint density at radius 3 is 2.40 bits per heavy atom. The molecule has 1 aromatic heterocycles. The molecule has 0 aliphatic carbocycles. The summed E-state index contributed by atoms with van der Waals surface area (Å²) in [6.07, 6.45) is 0. The van der Waals surface area contributed by atoms with Crippen LogP contribution in [0.1, 0.15) is 25.4 Å². The fourth-order valence-corrected chi connectivity index (χ4v) is 2.19. The third-order valence-corrected chi connectivity index (χ3v) is 3.32. The molecule has 0 aromatic carbocycles. The lowest BCUT2D eigenvalue weighted by molar-refractivity contribution is 0.231. The standard InChI is InChI=1S/C12H19NO2/c1-9-5-13(6-10(9)2)7-11-3-4-12(8-14)15-11/h3-4,9-10,14H,5-8H2,1-2H3. The molecule has 2 heterocycles. The van der Waals surface area contributed by atoms with E-state index in [0.29, 0.717) is 5.76 Å². The van der Waals surface area contributed by atoms with Crippen LogP contribution in [0.15, 0.2) is 16.5 Å². The fraction of sp³-hybridized carbons (Fsp3) is 0.667. The van der Waals surface area contributed by atoms with Crippen LogP contribution in [0.3, 0.4) is 0 Å². The van der Waals surface area contributed by atoms with Crippen LogP contribution in [0, 0.1) is 11.8 Å². The van der Waals surface area contributed by atoms with Gasteiger partial charge in [-0.1, -0.05) is 13.8 Å². The van der Waals surface area contributed by atoms with E-state index >= 15 is 0 Å². The highest BCUT2D eigenvalue weighted by Crippen LogP contribution is 2.24. The molecule has 2 atom stereocenters. The van der Waals surface area contributed by atoms with E-state index in [1.807, 2.05) is 12.1 Å². The molecular weight excluding hydrogens is 190 g/mol. The summed E-state index contributed by atoms with van der Waals surface area (Å²) in [5.74, 6) is 3.17. The summed E-state index contributed by atoms with van der Waals surface area (Å²) in [7, 11) is 0. The number of aliphatic hydroxyl groups is 1. The van der Waals surface area contributed by atoms with Gasteiger partial charge in [0.15, 0.2) is 0 Å². The van der Waals surface area contributed by atoms with Gasteiger partial charge in [-0.25, -0.2) is 0 Å². The smallest absolute Gasteiger partial charge is 0.129 e. The Bertz CT molecular complexity index is 311. The van der Waals surface area contributed by atoms with Gasteiger partial charge in [0.2, 0.25) is 0 Å². The van der Waals surface area contributed by atoms with E-state index in [4.69, 9.17) is 9.52 Å². The van der Waals surface area contributed by atoms with Gasteiger partial charge in [-0.3, -0.25) is 4.90 Å². The first-order valence-corrected chi connectivity index (χ1v) is 5.60. The summed E-state index contributed by atoms with van der Waals surface area (Å²) in [5, 5.41) is 8.89. The second-order valence-corrected chi connectivity index (χ2v) is 4.67. The highest BCUT2D eigenvalue weighted by atomic mass is 16.4. The molecule has 2 rings (SSSR count). The second-order valence-electron chi connectivity index (χ2n) is 4.67. The van der Waals surface area contributed by atoms with E-state index < -0.39 is 0 Å². The molecule has 0 saturated carbocycles. The zero-order chi connectivity index (χ0) is 10.8. The van der Waals surface area contributed by atoms with Gasteiger partial charge in [-0.2, -0.15) is 0 Å². The molecule has 15 heavy (non-hydrogen) atoms. The lowest BCUT2D eigenvalue weighted by Crippen LogP contribution is -2.19. The van der Waals surface area contributed by atoms with Crippen molar-refractivity contribution in [1.82, 2.24) is 4.90 Å². The van der Waals surface area contributed by atoms with Crippen molar-refractivity contribution in [3.05, 3.63) is 23.7 Å². The molecular formula is C12H19NO2. The summed E-state index contributed by atoms with van der Waals surface area (Å²) in [4.78, 5) is 2.41. The van der Waals surface area contributed by atoms with Gasteiger partial charge in [0.25, 0.3) is 0 Å². The van der Waals surface area contributed by atoms with E-state index in [1.165, 1.54) is 0 Å². The quantitative estimate of drug-likeness (QED) is 0.825. The second kappa shape index (κ2) is 4.37. The number of likely N-dealkylation sites (tertiary alicyclic amines) is 1. The molecule has 1 N–H and O–H groups in total. The molecule has 3 heteroatoms. The van der Waals surface area contributed by atoms with Crippen LogP contribution in [0.2, 0.25) is 0 Å². The van der Waals surface area contributed by atoms with Gasteiger partial charge in [-0.05, 0) is 24.0 Å². The Balaban J connectivity index is 1.92. The van der Waals surface area contributed by atoms with Crippen molar-refractivity contribution < 1.29 is 9.52 Å². The van der Waals surface area contributed by atoms with Gasteiger partial charge >= 0.3 is 0 Å². The topological polar surface area (TPSA) is 36.6 Å². The lowest BCUT2D eigenvalue weighted by atomic mass is 10.0. The van der Waals surface area contributed by atoms with Crippen molar-refractivity contribution in [2.24, 2.45) is 11.8 Å². The summed E-state index contributed by atoms with van der Waals surface area (Å²) in [5.41, 5.74) is 0.